The molecule has 2 aliphatic rings. The Labute approximate surface area is 121 Å². The predicted molar refractivity (Wildman–Crippen MR) is 80.4 cm³/mol. The Morgan fingerprint density at radius 3 is 2.85 bits per heavy atom. The molecule has 1 unspecified atom stereocenters. The van der Waals surface area contributed by atoms with Gasteiger partial charge in [-0.05, 0) is 43.4 Å². The molecule has 1 saturated heterocycles. The van der Waals surface area contributed by atoms with E-state index in [1.165, 1.54) is 11.1 Å². The van der Waals surface area contributed by atoms with Crippen molar-refractivity contribution in [1.29, 1.82) is 0 Å². The van der Waals surface area contributed by atoms with Crippen molar-refractivity contribution in [3.05, 3.63) is 35.4 Å². The van der Waals surface area contributed by atoms with Crippen LogP contribution in [0.5, 0.6) is 0 Å². The van der Waals surface area contributed by atoms with Gasteiger partial charge in [0.05, 0.1) is 5.41 Å². The van der Waals surface area contributed by atoms with E-state index in [4.69, 9.17) is 0 Å². The Morgan fingerprint density at radius 1 is 1.35 bits per heavy atom. The second-order valence-corrected chi connectivity index (χ2v) is 6.16. The first kappa shape index (κ1) is 13.6. The Morgan fingerprint density at radius 2 is 2.15 bits per heavy atom. The topological polar surface area (TPSA) is 32.3 Å². The van der Waals surface area contributed by atoms with Crippen molar-refractivity contribution in [2.45, 2.75) is 39.2 Å². The van der Waals surface area contributed by atoms with E-state index in [-0.39, 0.29) is 5.41 Å². The first-order valence-electron chi connectivity index (χ1n) is 7.82. The normalized spacial score (nSPS) is 26.1. The summed E-state index contributed by atoms with van der Waals surface area (Å²) in [6, 6.07) is 8.51. The van der Waals surface area contributed by atoms with Gasteiger partial charge in [0.2, 0.25) is 5.91 Å². The molecule has 2 heterocycles. The van der Waals surface area contributed by atoms with Gasteiger partial charge in [-0.3, -0.25) is 4.79 Å². The van der Waals surface area contributed by atoms with Crippen LogP contribution >= 0.6 is 0 Å². The Balaban J connectivity index is 1.78. The van der Waals surface area contributed by atoms with Gasteiger partial charge in [0.25, 0.3) is 0 Å². The van der Waals surface area contributed by atoms with Gasteiger partial charge in [-0.1, -0.05) is 31.2 Å². The summed E-state index contributed by atoms with van der Waals surface area (Å²) < 4.78 is 0. The molecule has 0 aliphatic carbocycles. The third kappa shape index (κ3) is 2.35. The van der Waals surface area contributed by atoms with Gasteiger partial charge in [-0.15, -0.1) is 0 Å². The van der Waals surface area contributed by atoms with Crippen LogP contribution in [0, 0.1) is 5.41 Å². The van der Waals surface area contributed by atoms with Gasteiger partial charge in [-0.25, -0.2) is 0 Å². The van der Waals surface area contributed by atoms with E-state index in [1.54, 1.807) is 0 Å². The molecule has 0 radical (unpaired) electrons. The molecule has 1 amide bonds. The highest BCUT2D eigenvalue weighted by Crippen LogP contribution is 2.34. The maximum absolute atomic E-state index is 13.0. The smallest absolute Gasteiger partial charge is 0.230 e. The highest BCUT2D eigenvalue weighted by atomic mass is 16.2. The largest absolute Gasteiger partial charge is 0.338 e. The summed E-state index contributed by atoms with van der Waals surface area (Å²) in [6.07, 6.45) is 4.09. The third-order valence-corrected chi connectivity index (χ3v) is 5.02. The van der Waals surface area contributed by atoms with Crippen molar-refractivity contribution in [2.24, 2.45) is 5.41 Å². The van der Waals surface area contributed by atoms with E-state index in [2.05, 4.69) is 41.4 Å². The SMILES string of the molecule is CCC1(C(=O)N2CCc3ccccc3C2)CCCNC1. The molecule has 108 valence electrons. The zero-order valence-electron chi connectivity index (χ0n) is 12.3. The lowest BCUT2D eigenvalue weighted by Gasteiger charge is -2.41. The van der Waals surface area contributed by atoms with Gasteiger partial charge in [-0.2, -0.15) is 0 Å². The van der Waals surface area contributed by atoms with Crippen molar-refractivity contribution in [3.63, 3.8) is 0 Å². The standard InChI is InChI=1S/C17H24N2O/c1-2-17(9-5-10-18-13-17)16(20)19-11-8-14-6-3-4-7-15(14)12-19/h3-4,6-7,18H,2,5,8-13H2,1H3. The monoisotopic (exact) mass is 272 g/mol. The van der Waals surface area contributed by atoms with Crippen molar-refractivity contribution >= 4 is 5.91 Å². The Kier molecular flexibility index (Phi) is 3.79. The summed E-state index contributed by atoms with van der Waals surface area (Å²) >= 11 is 0. The predicted octanol–water partition coefficient (Wildman–Crippen LogP) is 2.35. The lowest BCUT2D eigenvalue weighted by molar-refractivity contribution is -0.144. The number of fused-ring (bicyclic) bond motifs is 1. The van der Waals surface area contributed by atoms with Crippen LogP contribution in [-0.2, 0) is 17.8 Å². The highest BCUT2D eigenvalue weighted by Gasteiger charge is 2.41. The molecular formula is C17H24N2O. The van der Waals surface area contributed by atoms with Gasteiger partial charge in [0.15, 0.2) is 0 Å². The van der Waals surface area contributed by atoms with Crippen molar-refractivity contribution in [2.75, 3.05) is 19.6 Å². The number of piperidine rings is 1. The maximum atomic E-state index is 13.0. The number of hydrogen-bond acceptors (Lipinski definition) is 2. The van der Waals surface area contributed by atoms with Crippen LogP contribution in [-0.4, -0.2) is 30.4 Å². The highest BCUT2D eigenvalue weighted by molar-refractivity contribution is 5.83. The zero-order valence-corrected chi connectivity index (χ0v) is 12.3. The molecule has 3 rings (SSSR count). The second kappa shape index (κ2) is 5.57. The van der Waals surface area contributed by atoms with Crippen LogP contribution in [0.15, 0.2) is 24.3 Å². The minimum atomic E-state index is -0.162. The van der Waals surface area contributed by atoms with Crippen molar-refractivity contribution in [3.8, 4) is 0 Å². The summed E-state index contributed by atoms with van der Waals surface area (Å²) in [7, 11) is 0. The van der Waals surface area contributed by atoms with E-state index >= 15 is 0 Å². The minimum absolute atomic E-state index is 0.162. The zero-order chi connectivity index (χ0) is 14.0. The quantitative estimate of drug-likeness (QED) is 0.896. The summed E-state index contributed by atoms with van der Waals surface area (Å²) in [4.78, 5) is 15.1. The third-order valence-electron chi connectivity index (χ3n) is 5.02. The summed E-state index contributed by atoms with van der Waals surface area (Å²) in [6.45, 7) is 5.72. The lowest BCUT2D eigenvalue weighted by Crippen LogP contribution is -2.52. The van der Waals surface area contributed by atoms with Crippen molar-refractivity contribution < 1.29 is 4.79 Å². The summed E-state index contributed by atoms with van der Waals surface area (Å²) in [5.41, 5.74) is 2.57. The molecule has 0 saturated carbocycles. The molecule has 0 spiro atoms. The van der Waals surface area contributed by atoms with Crippen LogP contribution in [0.25, 0.3) is 0 Å². The van der Waals surface area contributed by atoms with Crippen LogP contribution in [0.2, 0.25) is 0 Å². The average Bonchev–Trinajstić information content (AvgIpc) is 2.54. The second-order valence-electron chi connectivity index (χ2n) is 6.16. The van der Waals surface area contributed by atoms with Gasteiger partial charge in [0, 0.05) is 19.6 Å². The molecule has 3 heteroatoms. The van der Waals surface area contributed by atoms with E-state index < -0.39 is 0 Å². The molecule has 0 bridgehead atoms. The molecule has 1 aromatic rings. The molecule has 1 aromatic carbocycles. The summed E-state index contributed by atoms with van der Waals surface area (Å²) in [5.74, 6) is 0.363. The Bertz CT molecular complexity index is 492. The van der Waals surface area contributed by atoms with Crippen LogP contribution in [0.3, 0.4) is 0 Å². The molecular weight excluding hydrogens is 248 g/mol. The molecule has 0 aromatic heterocycles. The van der Waals surface area contributed by atoms with Crippen LogP contribution in [0.4, 0.5) is 0 Å². The fraction of sp³-hybridized carbons (Fsp3) is 0.588. The lowest BCUT2D eigenvalue weighted by atomic mass is 9.76. The van der Waals surface area contributed by atoms with Crippen LogP contribution < -0.4 is 5.32 Å². The minimum Gasteiger partial charge on any atom is -0.338 e. The number of rotatable bonds is 2. The molecule has 1 N–H and O–H groups in total. The fourth-order valence-electron chi connectivity index (χ4n) is 3.61. The van der Waals surface area contributed by atoms with E-state index in [0.29, 0.717) is 5.91 Å². The van der Waals surface area contributed by atoms with Crippen molar-refractivity contribution in [1.82, 2.24) is 10.2 Å². The average molecular weight is 272 g/mol. The number of carbonyl (C=O) groups is 1. The Hall–Kier alpha value is -1.35. The molecule has 20 heavy (non-hydrogen) atoms. The molecule has 1 atom stereocenters. The number of nitrogens with one attached hydrogen (secondary N) is 1. The van der Waals surface area contributed by atoms with E-state index in [9.17, 15) is 4.79 Å². The number of carbonyl (C=O) groups excluding carboxylic acids is 1. The number of hydrogen-bond donors (Lipinski definition) is 1. The molecule has 3 nitrogen and oxygen atoms in total. The van der Waals surface area contributed by atoms with E-state index in [1.807, 2.05) is 0 Å². The number of benzene rings is 1. The first-order valence-corrected chi connectivity index (χ1v) is 7.82. The fourth-order valence-corrected chi connectivity index (χ4v) is 3.61. The molecule has 1 fully saturated rings. The maximum Gasteiger partial charge on any atom is 0.230 e. The van der Waals surface area contributed by atoms with Gasteiger partial charge < -0.3 is 10.2 Å². The number of nitrogens with zero attached hydrogens (tertiary/aromatic N) is 1. The summed E-state index contributed by atoms with van der Waals surface area (Å²) in [5, 5.41) is 3.42. The van der Waals surface area contributed by atoms with Gasteiger partial charge in [0.1, 0.15) is 0 Å². The first-order chi connectivity index (χ1) is 9.75. The number of amides is 1. The van der Waals surface area contributed by atoms with Gasteiger partial charge >= 0.3 is 0 Å². The van der Waals surface area contributed by atoms with Crippen LogP contribution in [0.1, 0.15) is 37.3 Å². The molecule has 2 aliphatic heterocycles. The van der Waals surface area contributed by atoms with E-state index in [0.717, 1.165) is 51.9 Å².